The standard InChI is InChI=1S/C14H18F2N2O2/c1-18(11-5-3-7-17-9-11)13(19)10-4-2-6-12(8-10)20-14(15)16/h2,4,6,8,11,14,17H,3,5,7,9H2,1H3/t11-/m0/s1. The number of nitrogens with one attached hydrogen (secondary N) is 1. The number of benzene rings is 1. The molecule has 0 aromatic heterocycles. The number of ether oxygens (including phenoxy) is 1. The highest BCUT2D eigenvalue weighted by molar-refractivity contribution is 5.94. The SMILES string of the molecule is CN(C(=O)c1cccc(OC(F)F)c1)[C@H]1CCCNC1. The average Bonchev–Trinajstić information content (AvgIpc) is 2.46. The fourth-order valence-corrected chi connectivity index (χ4v) is 2.34. The fourth-order valence-electron chi connectivity index (χ4n) is 2.34. The maximum atomic E-state index is 12.3. The summed E-state index contributed by atoms with van der Waals surface area (Å²) in [6.45, 7) is -1.16. The molecule has 6 heteroatoms. The van der Waals surface area contributed by atoms with Crippen molar-refractivity contribution in [3.63, 3.8) is 0 Å². The number of rotatable bonds is 4. The van der Waals surface area contributed by atoms with Crippen LogP contribution in [0.1, 0.15) is 23.2 Å². The lowest BCUT2D eigenvalue weighted by molar-refractivity contribution is -0.0499. The molecule has 0 radical (unpaired) electrons. The summed E-state index contributed by atoms with van der Waals surface area (Å²) >= 11 is 0. The largest absolute Gasteiger partial charge is 0.435 e. The van der Waals surface area contributed by atoms with Crippen LogP contribution in [0.15, 0.2) is 24.3 Å². The Balaban J connectivity index is 2.07. The molecule has 0 bridgehead atoms. The van der Waals surface area contributed by atoms with Crippen LogP contribution in [0.3, 0.4) is 0 Å². The third-order valence-electron chi connectivity index (χ3n) is 3.45. The summed E-state index contributed by atoms with van der Waals surface area (Å²) in [4.78, 5) is 14.0. The van der Waals surface area contributed by atoms with E-state index in [4.69, 9.17) is 0 Å². The van der Waals surface area contributed by atoms with E-state index < -0.39 is 6.61 Å². The summed E-state index contributed by atoms with van der Waals surface area (Å²) < 4.78 is 28.7. The fraction of sp³-hybridized carbons (Fsp3) is 0.500. The van der Waals surface area contributed by atoms with E-state index in [2.05, 4.69) is 10.1 Å². The van der Waals surface area contributed by atoms with E-state index in [-0.39, 0.29) is 17.7 Å². The molecule has 110 valence electrons. The van der Waals surface area contributed by atoms with Gasteiger partial charge in [-0.1, -0.05) is 6.07 Å². The summed E-state index contributed by atoms with van der Waals surface area (Å²) in [5.41, 5.74) is 0.358. The molecule has 1 heterocycles. The molecule has 2 rings (SSSR count). The van der Waals surface area contributed by atoms with Gasteiger partial charge >= 0.3 is 6.61 Å². The normalized spacial score (nSPS) is 18.9. The molecule has 1 aromatic rings. The molecule has 0 spiro atoms. The molecular weight excluding hydrogens is 266 g/mol. The number of hydrogen-bond donors (Lipinski definition) is 1. The maximum absolute atomic E-state index is 12.3. The van der Waals surface area contributed by atoms with Gasteiger partial charge in [0.1, 0.15) is 5.75 Å². The lowest BCUT2D eigenvalue weighted by Crippen LogP contribution is -2.46. The van der Waals surface area contributed by atoms with Crippen molar-refractivity contribution in [1.29, 1.82) is 0 Å². The van der Waals surface area contributed by atoms with Gasteiger partial charge in [-0.2, -0.15) is 8.78 Å². The van der Waals surface area contributed by atoms with Gasteiger partial charge < -0.3 is 15.0 Å². The van der Waals surface area contributed by atoms with Gasteiger partial charge in [-0.05, 0) is 37.6 Å². The number of alkyl halides is 2. The first kappa shape index (κ1) is 14.7. The molecule has 1 aliphatic rings. The Bertz CT molecular complexity index is 462. The zero-order valence-electron chi connectivity index (χ0n) is 11.3. The number of likely N-dealkylation sites (N-methyl/N-ethyl adjacent to an activating group) is 1. The predicted octanol–water partition coefficient (Wildman–Crippen LogP) is 2.11. The summed E-state index contributed by atoms with van der Waals surface area (Å²) in [5.74, 6) is -0.181. The van der Waals surface area contributed by atoms with E-state index >= 15 is 0 Å². The van der Waals surface area contributed by atoms with Gasteiger partial charge in [-0.15, -0.1) is 0 Å². The topological polar surface area (TPSA) is 41.6 Å². The third kappa shape index (κ3) is 3.66. The first-order valence-electron chi connectivity index (χ1n) is 6.60. The summed E-state index contributed by atoms with van der Waals surface area (Å²) in [7, 11) is 1.74. The second-order valence-corrected chi connectivity index (χ2v) is 4.82. The van der Waals surface area contributed by atoms with Crippen molar-refractivity contribution in [2.75, 3.05) is 20.1 Å². The first-order chi connectivity index (χ1) is 9.58. The average molecular weight is 284 g/mol. The number of carbonyl (C=O) groups is 1. The van der Waals surface area contributed by atoms with E-state index in [1.54, 1.807) is 18.0 Å². The zero-order chi connectivity index (χ0) is 14.5. The van der Waals surface area contributed by atoms with Crippen molar-refractivity contribution in [1.82, 2.24) is 10.2 Å². The molecule has 1 N–H and O–H groups in total. The lowest BCUT2D eigenvalue weighted by Gasteiger charge is -2.31. The van der Waals surface area contributed by atoms with E-state index in [0.29, 0.717) is 5.56 Å². The molecule has 1 saturated heterocycles. The number of nitrogens with zero attached hydrogens (tertiary/aromatic N) is 1. The van der Waals surface area contributed by atoms with Crippen LogP contribution in [0, 0.1) is 0 Å². The Labute approximate surface area is 116 Å². The summed E-state index contributed by atoms with van der Waals surface area (Å²) in [6, 6.07) is 6.04. The van der Waals surface area contributed by atoms with Gasteiger partial charge in [-0.25, -0.2) is 0 Å². The van der Waals surface area contributed by atoms with Crippen LogP contribution in [0.25, 0.3) is 0 Å². The molecule has 1 atom stereocenters. The molecule has 1 aliphatic heterocycles. The Morgan fingerprint density at radius 3 is 2.95 bits per heavy atom. The lowest BCUT2D eigenvalue weighted by atomic mass is 10.1. The van der Waals surface area contributed by atoms with Crippen molar-refractivity contribution < 1.29 is 18.3 Å². The number of halogens is 2. The van der Waals surface area contributed by atoms with Crippen LogP contribution in [0.2, 0.25) is 0 Å². The van der Waals surface area contributed by atoms with Crippen LogP contribution in [-0.4, -0.2) is 43.6 Å². The smallest absolute Gasteiger partial charge is 0.387 e. The Hall–Kier alpha value is -1.69. The molecule has 1 amide bonds. The minimum Gasteiger partial charge on any atom is -0.435 e. The Morgan fingerprint density at radius 1 is 1.50 bits per heavy atom. The summed E-state index contributed by atoms with van der Waals surface area (Å²) in [6.07, 6.45) is 1.97. The number of piperidine rings is 1. The van der Waals surface area contributed by atoms with E-state index in [0.717, 1.165) is 25.9 Å². The monoisotopic (exact) mass is 284 g/mol. The van der Waals surface area contributed by atoms with Crippen LogP contribution >= 0.6 is 0 Å². The van der Waals surface area contributed by atoms with Gasteiger partial charge in [0.25, 0.3) is 5.91 Å². The highest BCUT2D eigenvalue weighted by Gasteiger charge is 2.23. The Morgan fingerprint density at radius 2 is 2.30 bits per heavy atom. The minimum absolute atomic E-state index is 0.000944. The maximum Gasteiger partial charge on any atom is 0.387 e. The van der Waals surface area contributed by atoms with Crippen molar-refractivity contribution in [2.24, 2.45) is 0 Å². The van der Waals surface area contributed by atoms with Gasteiger partial charge in [-0.3, -0.25) is 4.79 Å². The van der Waals surface area contributed by atoms with E-state index in [1.807, 2.05) is 0 Å². The summed E-state index contributed by atoms with van der Waals surface area (Å²) in [5, 5.41) is 3.24. The molecule has 0 aliphatic carbocycles. The van der Waals surface area contributed by atoms with Crippen LogP contribution < -0.4 is 10.1 Å². The number of hydrogen-bond acceptors (Lipinski definition) is 3. The number of carbonyl (C=O) groups excluding carboxylic acids is 1. The van der Waals surface area contributed by atoms with Crippen LogP contribution in [0.4, 0.5) is 8.78 Å². The minimum atomic E-state index is -2.89. The van der Waals surface area contributed by atoms with Crippen LogP contribution in [-0.2, 0) is 0 Å². The second kappa shape index (κ2) is 6.65. The molecule has 20 heavy (non-hydrogen) atoms. The van der Waals surface area contributed by atoms with Gasteiger partial charge in [0.05, 0.1) is 0 Å². The predicted molar refractivity (Wildman–Crippen MR) is 71.1 cm³/mol. The van der Waals surface area contributed by atoms with Gasteiger partial charge in [0.15, 0.2) is 0 Å². The van der Waals surface area contributed by atoms with Gasteiger partial charge in [0, 0.05) is 25.2 Å². The molecule has 0 saturated carbocycles. The molecule has 1 fully saturated rings. The van der Waals surface area contributed by atoms with Crippen molar-refractivity contribution >= 4 is 5.91 Å². The Kier molecular flexibility index (Phi) is 4.89. The number of amides is 1. The quantitative estimate of drug-likeness (QED) is 0.920. The van der Waals surface area contributed by atoms with Crippen LogP contribution in [0.5, 0.6) is 5.75 Å². The van der Waals surface area contributed by atoms with Crippen molar-refractivity contribution in [3.05, 3.63) is 29.8 Å². The van der Waals surface area contributed by atoms with E-state index in [1.165, 1.54) is 18.2 Å². The molecule has 0 unspecified atom stereocenters. The first-order valence-corrected chi connectivity index (χ1v) is 6.60. The molecule has 4 nitrogen and oxygen atoms in total. The second-order valence-electron chi connectivity index (χ2n) is 4.82. The molecule has 1 aromatic carbocycles. The van der Waals surface area contributed by atoms with E-state index in [9.17, 15) is 13.6 Å². The van der Waals surface area contributed by atoms with Gasteiger partial charge in [0.2, 0.25) is 0 Å². The highest BCUT2D eigenvalue weighted by Crippen LogP contribution is 2.18. The van der Waals surface area contributed by atoms with Crippen molar-refractivity contribution in [2.45, 2.75) is 25.5 Å². The molecular formula is C14H18F2N2O2. The van der Waals surface area contributed by atoms with Crippen molar-refractivity contribution in [3.8, 4) is 5.75 Å². The third-order valence-corrected chi connectivity index (χ3v) is 3.45. The highest BCUT2D eigenvalue weighted by atomic mass is 19.3. The zero-order valence-corrected chi connectivity index (χ0v) is 11.3.